The van der Waals surface area contributed by atoms with Crippen LogP contribution < -0.4 is 4.74 Å². The van der Waals surface area contributed by atoms with Gasteiger partial charge in [-0.05, 0) is 35.9 Å². The zero-order valence-corrected chi connectivity index (χ0v) is 9.54. The number of carboxylic acids is 1. The molecule has 2 N–H and O–H groups in total. The van der Waals surface area contributed by atoms with Crippen LogP contribution in [0.15, 0.2) is 48.5 Å². The van der Waals surface area contributed by atoms with Crippen LogP contribution in [0.4, 0.5) is 0 Å². The van der Waals surface area contributed by atoms with Gasteiger partial charge < -0.3 is 14.9 Å². The fourth-order valence-electron chi connectivity index (χ4n) is 1.54. The minimum absolute atomic E-state index is 0.0631. The fraction of sp³-hybridized carbons (Fsp3) is 0.0714. The van der Waals surface area contributed by atoms with Crippen LogP contribution in [0.25, 0.3) is 0 Å². The predicted octanol–water partition coefficient (Wildman–Crippen LogP) is 2.67. The largest absolute Gasteiger partial charge is 0.478 e. The first-order chi connectivity index (χ1) is 8.69. The third-order valence-corrected chi connectivity index (χ3v) is 2.40. The van der Waals surface area contributed by atoms with Gasteiger partial charge in [-0.3, -0.25) is 0 Å². The Morgan fingerprint density at radius 3 is 2.39 bits per heavy atom. The molecular formula is C14H12O4. The van der Waals surface area contributed by atoms with E-state index >= 15 is 0 Å². The van der Waals surface area contributed by atoms with E-state index in [1.807, 2.05) is 0 Å². The molecule has 0 bridgehead atoms. The number of ether oxygens (including phenoxy) is 1. The van der Waals surface area contributed by atoms with Crippen LogP contribution in [0.2, 0.25) is 0 Å². The van der Waals surface area contributed by atoms with Gasteiger partial charge in [0.05, 0.1) is 12.2 Å². The first-order valence-corrected chi connectivity index (χ1v) is 5.40. The van der Waals surface area contributed by atoms with Crippen molar-refractivity contribution in [2.24, 2.45) is 0 Å². The number of carboxylic acid groups (broad SMARTS) is 1. The van der Waals surface area contributed by atoms with Crippen LogP contribution in [0, 0.1) is 0 Å². The molecule has 0 aliphatic carbocycles. The molecule has 2 aromatic carbocycles. The molecule has 4 heteroatoms. The van der Waals surface area contributed by atoms with Crippen LogP contribution in [0.5, 0.6) is 11.5 Å². The minimum Gasteiger partial charge on any atom is -0.478 e. The third-order valence-electron chi connectivity index (χ3n) is 2.40. The molecule has 0 aliphatic heterocycles. The molecule has 2 aromatic rings. The number of hydrogen-bond donors (Lipinski definition) is 2. The lowest BCUT2D eigenvalue weighted by Crippen LogP contribution is -1.96. The third kappa shape index (κ3) is 2.87. The van der Waals surface area contributed by atoms with Crippen LogP contribution in [0.3, 0.4) is 0 Å². The van der Waals surface area contributed by atoms with E-state index in [9.17, 15) is 4.79 Å². The Balaban J connectivity index is 2.22. The molecule has 0 radical (unpaired) electrons. The summed E-state index contributed by atoms with van der Waals surface area (Å²) in [6, 6.07) is 13.2. The molecule has 2 rings (SSSR count). The van der Waals surface area contributed by atoms with Crippen molar-refractivity contribution in [1.29, 1.82) is 0 Å². The van der Waals surface area contributed by atoms with Gasteiger partial charge in [0.15, 0.2) is 0 Å². The lowest BCUT2D eigenvalue weighted by atomic mass is 10.2. The highest BCUT2D eigenvalue weighted by Gasteiger charge is 2.04. The lowest BCUT2D eigenvalue weighted by Gasteiger charge is -2.07. The standard InChI is InChI=1S/C14H12O4/c15-9-10-3-1-5-12(7-10)18-13-6-2-4-11(8-13)14(16)17/h1-8,15H,9H2,(H,16,17). The fourth-order valence-corrected chi connectivity index (χ4v) is 1.54. The quantitative estimate of drug-likeness (QED) is 0.867. The molecule has 92 valence electrons. The van der Waals surface area contributed by atoms with Gasteiger partial charge in [0.1, 0.15) is 11.5 Å². The summed E-state index contributed by atoms with van der Waals surface area (Å²) in [5.41, 5.74) is 0.910. The van der Waals surface area contributed by atoms with Gasteiger partial charge >= 0.3 is 5.97 Å². The summed E-state index contributed by atoms with van der Waals surface area (Å²) in [4.78, 5) is 10.8. The highest BCUT2D eigenvalue weighted by atomic mass is 16.5. The summed E-state index contributed by atoms with van der Waals surface area (Å²) in [6.45, 7) is -0.0631. The average molecular weight is 244 g/mol. The Kier molecular flexibility index (Phi) is 3.60. The second-order valence-electron chi connectivity index (χ2n) is 3.74. The first-order valence-electron chi connectivity index (χ1n) is 5.40. The second-order valence-corrected chi connectivity index (χ2v) is 3.74. The Labute approximate surface area is 104 Å². The summed E-state index contributed by atoms with van der Waals surface area (Å²) < 4.78 is 5.54. The molecule has 0 saturated carbocycles. The minimum atomic E-state index is -0.996. The number of rotatable bonds is 4. The van der Waals surface area contributed by atoms with Crippen LogP contribution in [-0.4, -0.2) is 16.2 Å². The maximum atomic E-state index is 10.8. The Morgan fingerprint density at radius 1 is 1.06 bits per heavy atom. The van der Waals surface area contributed by atoms with Crippen molar-refractivity contribution >= 4 is 5.97 Å². The molecular weight excluding hydrogens is 232 g/mol. The van der Waals surface area contributed by atoms with Crippen molar-refractivity contribution < 1.29 is 19.7 Å². The summed E-state index contributed by atoms with van der Waals surface area (Å²) in [6.07, 6.45) is 0. The number of aliphatic hydroxyl groups is 1. The van der Waals surface area contributed by atoms with E-state index in [4.69, 9.17) is 14.9 Å². The monoisotopic (exact) mass is 244 g/mol. The van der Waals surface area contributed by atoms with Crippen molar-refractivity contribution in [3.63, 3.8) is 0 Å². The zero-order chi connectivity index (χ0) is 13.0. The van der Waals surface area contributed by atoms with E-state index in [2.05, 4.69) is 0 Å². The Bertz CT molecular complexity index is 563. The molecule has 0 saturated heterocycles. The van der Waals surface area contributed by atoms with E-state index in [0.29, 0.717) is 11.5 Å². The molecule has 0 unspecified atom stereocenters. The molecule has 0 spiro atoms. The topological polar surface area (TPSA) is 66.8 Å². The summed E-state index contributed by atoms with van der Waals surface area (Å²) >= 11 is 0. The smallest absolute Gasteiger partial charge is 0.335 e. The molecule has 0 atom stereocenters. The van der Waals surface area contributed by atoms with Gasteiger partial charge in [0, 0.05) is 0 Å². The van der Waals surface area contributed by atoms with Gasteiger partial charge in [0.25, 0.3) is 0 Å². The van der Waals surface area contributed by atoms with E-state index < -0.39 is 5.97 Å². The number of benzene rings is 2. The van der Waals surface area contributed by atoms with Crippen LogP contribution >= 0.6 is 0 Å². The number of aromatic carboxylic acids is 1. The summed E-state index contributed by atoms with van der Waals surface area (Å²) in [7, 11) is 0. The summed E-state index contributed by atoms with van der Waals surface area (Å²) in [5.74, 6) is 0.0126. The van der Waals surface area contributed by atoms with Crippen molar-refractivity contribution in [3.05, 3.63) is 59.7 Å². The number of aliphatic hydroxyl groups excluding tert-OH is 1. The predicted molar refractivity (Wildman–Crippen MR) is 65.8 cm³/mol. The van der Waals surface area contributed by atoms with E-state index in [1.165, 1.54) is 12.1 Å². The SMILES string of the molecule is O=C(O)c1cccc(Oc2cccc(CO)c2)c1. The zero-order valence-electron chi connectivity index (χ0n) is 9.54. The highest BCUT2D eigenvalue weighted by molar-refractivity contribution is 5.88. The van der Waals surface area contributed by atoms with Gasteiger partial charge in [0.2, 0.25) is 0 Å². The van der Waals surface area contributed by atoms with E-state index in [-0.39, 0.29) is 12.2 Å². The maximum Gasteiger partial charge on any atom is 0.335 e. The van der Waals surface area contributed by atoms with Crippen LogP contribution in [0.1, 0.15) is 15.9 Å². The van der Waals surface area contributed by atoms with Gasteiger partial charge in [-0.2, -0.15) is 0 Å². The second kappa shape index (κ2) is 5.33. The molecule has 4 nitrogen and oxygen atoms in total. The number of hydrogen-bond acceptors (Lipinski definition) is 3. The van der Waals surface area contributed by atoms with Crippen molar-refractivity contribution in [3.8, 4) is 11.5 Å². The van der Waals surface area contributed by atoms with Crippen molar-refractivity contribution in [1.82, 2.24) is 0 Å². The molecule has 0 aromatic heterocycles. The normalized spacial score (nSPS) is 10.1. The molecule has 0 heterocycles. The van der Waals surface area contributed by atoms with Gasteiger partial charge in [-0.15, -0.1) is 0 Å². The van der Waals surface area contributed by atoms with E-state index in [0.717, 1.165) is 5.56 Å². The van der Waals surface area contributed by atoms with Crippen LogP contribution in [-0.2, 0) is 6.61 Å². The lowest BCUT2D eigenvalue weighted by molar-refractivity contribution is 0.0696. The molecule has 0 fully saturated rings. The summed E-state index contributed by atoms with van der Waals surface area (Å²) in [5, 5.41) is 17.9. The maximum absolute atomic E-state index is 10.8. The molecule has 0 aliphatic rings. The first kappa shape index (κ1) is 12.1. The number of carbonyl (C=O) groups is 1. The van der Waals surface area contributed by atoms with Crippen molar-refractivity contribution in [2.45, 2.75) is 6.61 Å². The Morgan fingerprint density at radius 2 is 1.72 bits per heavy atom. The van der Waals surface area contributed by atoms with E-state index in [1.54, 1.807) is 36.4 Å². The highest BCUT2D eigenvalue weighted by Crippen LogP contribution is 2.23. The average Bonchev–Trinajstić information content (AvgIpc) is 2.39. The van der Waals surface area contributed by atoms with Gasteiger partial charge in [-0.25, -0.2) is 4.79 Å². The van der Waals surface area contributed by atoms with Gasteiger partial charge in [-0.1, -0.05) is 18.2 Å². The van der Waals surface area contributed by atoms with Crippen molar-refractivity contribution in [2.75, 3.05) is 0 Å². The molecule has 18 heavy (non-hydrogen) atoms. The molecule has 0 amide bonds. The Hall–Kier alpha value is -2.33.